The minimum absolute atomic E-state index is 0.00281. The van der Waals surface area contributed by atoms with Crippen molar-refractivity contribution in [2.75, 3.05) is 12.4 Å². The van der Waals surface area contributed by atoms with Gasteiger partial charge in [-0.3, -0.25) is 4.79 Å². The third-order valence-electron chi connectivity index (χ3n) is 6.48. The SMILES string of the molecule is C#Cc1ccc(C)c(C(=O)c2ccc(Nc3c(C)c(C)c(C)c(C)c3C)cc2C)c1.CN=[N+]=[N-]. The van der Waals surface area contributed by atoms with Crippen LogP contribution in [0.2, 0.25) is 0 Å². The zero-order valence-electron chi connectivity index (χ0n) is 21.3. The highest BCUT2D eigenvalue weighted by Gasteiger charge is 2.16. The molecule has 3 aromatic rings. The van der Waals surface area contributed by atoms with Crippen molar-refractivity contribution in [3.63, 3.8) is 0 Å². The summed E-state index contributed by atoms with van der Waals surface area (Å²) < 4.78 is 0. The summed E-state index contributed by atoms with van der Waals surface area (Å²) in [7, 11) is 1.39. The summed E-state index contributed by atoms with van der Waals surface area (Å²) in [4.78, 5) is 15.5. The van der Waals surface area contributed by atoms with E-state index in [1.807, 2.05) is 44.2 Å². The Labute approximate surface area is 202 Å². The molecule has 174 valence electrons. The largest absolute Gasteiger partial charge is 0.355 e. The number of carbonyl (C=O) groups excluding carboxylic acids is 1. The lowest BCUT2D eigenvalue weighted by Gasteiger charge is -2.20. The molecular formula is C29H32N4O. The second-order valence-electron chi connectivity index (χ2n) is 8.45. The van der Waals surface area contributed by atoms with Crippen molar-refractivity contribution in [2.45, 2.75) is 48.5 Å². The summed E-state index contributed by atoms with van der Waals surface area (Å²) in [6, 6.07) is 11.5. The normalized spacial score (nSPS) is 9.85. The van der Waals surface area contributed by atoms with Gasteiger partial charge in [-0.15, -0.1) is 6.42 Å². The number of aryl methyl sites for hydroxylation is 2. The molecule has 0 heterocycles. The van der Waals surface area contributed by atoms with Gasteiger partial charge in [0.25, 0.3) is 0 Å². The first-order valence-electron chi connectivity index (χ1n) is 11.1. The van der Waals surface area contributed by atoms with Crippen molar-refractivity contribution >= 4 is 17.2 Å². The van der Waals surface area contributed by atoms with Gasteiger partial charge in [-0.25, -0.2) is 0 Å². The number of rotatable bonds is 4. The lowest BCUT2D eigenvalue weighted by molar-refractivity contribution is 0.103. The van der Waals surface area contributed by atoms with Crippen molar-refractivity contribution in [2.24, 2.45) is 5.11 Å². The fourth-order valence-corrected chi connectivity index (χ4v) is 3.93. The average Bonchev–Trinajstić information content (AvgIpc) is 2.84. The Morgan fingerprint density at radius 1 is 0.853 bits per heavy atom. The smallest absolute Gasteiger partial charge is 0.193 e. The maximum absolute atomic E-state index is 13.2. The molecule has 3 rings (SSSR count). The molecule has 0 atom stereocenters. The number of benzene rings is 3. The highest BCUT2D eigenvalue weighted by Crippen LogP contribution is 2.33. The molecule has 0 aliphatic carbocycles. The van der Waals surface area contributed by atoms with Crippen molar-refractivity contribution in [1.29, 1.82) is 0 Å². The van der Waals surface area contributed by atoms with Gasteiger partial charge in [0.15, 0.2) is 5.78 Å². The van der Waals surface area contributed by atoms with Gasteiger partial charge in [-0.1, -0.05) is 17.1 Å². The molecule has 0 saturated carbocycles. The van der Waals surface area contributed by atoms with E-state index in [0.29, 0.717) is 11.1 Å². The Morgan fingerprint density at radius 2 is 1.41 bits per heavy atom. The van der Waals surface area contributed by atoms with Crippen LogP contribution in [0.1, 0.15) is 60.4 Å². The van der Waals surface area contributed by atoms with E-state index in [1.54, 1.807) is 6.07 Å². The van der Waals surface area contributed by atoms with Gasteiger partial charge in [-0.05, 0) is 123 Å². The molecule has 5 heteroatoms. The van der Waals surface area contributed by atoms with Gasteiger partial charge in [-0.2, -0.15) is 0 Å². The summed E-state index contributed by atoms with van der Waals surface area (Å²) in [5.41, 5.74) is 19.9. The van der Waals surface area contributed by atoms with Crippen LogP contribution in [0.25, 0.3) is 10.4 Å². The summed E-state index contributed by atoms with van der Waals surface area (Å²) in [5.74, 6) is 2.62. The number of nitrogens with zero attached hydrogens (tertiary/aromatic N) is 3. The molecule has 0 unspecified atom stereocenters. The number of azide groups is 1. The molecule has 0 fully saturated rings. The highest BCUT2D eigenvalue weighted by atomic mass is 16.1. The molecule has 3 aromatic carbocycles. The van der Waals surface area contributed by atoms with Crippen molar-refractivity contribution in [3.05, 3.63) is 102 Å². The first-order valence-corrected chi connectivity index (χ1v) is 11.1. The lowest BCUT2D eigenvalue weighted by atomic mass is 9.92. The first kappa shape index (κ1) is 26.3. The van der Waals surface area contributed by atoms with Crippen LogP contribution in [0.4, 0.5) is 11.4 Å². The van der Waals surface area contributed by atoms with Crippen LogP contribution in [0.15, 0.2) is 41.5 Å². The summed E-state index contributed by atoms with van der Waals surface area (Å²) >= 11 is 0. The first-order chi connectivity index (χ1) is 16.1. The molecule has 0 aliphatic heterocycles. The molecule has 0 saturated heterocycles. The number of terminal acetylenes is 1. The molecule has 0 bridgehead atoms. The Hall–Kier alpha value is -4.00. The second-order valence-corrected chi connectivity index (χ2v) is 8.45. The zero-order valence-corrected chi connectivity index (χ0v) is 21.3. The Balaban J connectivity index is 0.000000945. The number of hydrogen-bond donors (Lipinski definition) is 1. The van der Waals surface area contributed by atoms with Gasteiger partial charge in [0.1, 0.15) is 0 Å². The van der Waals surface area contributed by atoms with Crippen LogP contribution in [0.3, 0.4) is 0 Å². The highest BCUT2D eigenvalue weighted by molar-refractivity contribution is 6.11. The summed E-state index contributed by atoms with van der Waals surface area (Å²) in [6.07, 6.45) is 5.52. The Morgan fingerprint density at radius 3 is 1.91 bits per heavy atom. The van der Waals surface area contributed by atoms with Crippen LogP contribution in [0, 0.1) is 60.8 Å². The molecule has 34 heavy (non-hydrogen) atoms. The molecule has 1 N–H and O–H groups in total. The van der Waals surface area contributed by atoms with Gasteiger partial charge >= 0.3 is 0 Å². The fraction of sp³-hybridized carbons (Fsp3) is 0.276. The van der Waals surface area contributed by atoms with Gasteiger partial charge < -0.3 is 5.32 Å². The predicted molar refractivity (Wildman–Crippen MR) is 142 cm³/mol. The second kappa shape index (κ2) is 11.2. The number of anilines is 2. The minimum Gasteiger partial charge on any atom is -0.355 e. The number of carbonyl (C=O) groups is 1. The molecule has 5 nitrogen and oxygen atoms in total. The van der Waals surface area contributed by atoms with Gasteiger partial charge in [0.2, 0.25) is 0 Å². The van der Waals surface area contributed by atoms with Crippen molar-refractivity contribution < 1.29 is 4.79 Å². The minimum atomic E-state index is 0.00281. The van der Waals surface area contributed by atoms with Gasteiger partial charge in [0, 0.05) is 40.0 Å². The number of ketones is 1. The lowest BCUT2D eigenvalue weighted by Crippen LogP contribution is -2.07. The van der Waals surface area contributed by atoms with E-state index < -0.39 is 0 Å². The standard InChI is InChI=1S/C28H29NO.CH3N3/c1-9-23-11-10-16(2)26(15-23)28(30)25-13-12-24(14-17(25)3)29-27-21(7)19(5)18(4)20(6)22(27)8;1-3-4-2/h1,10-15,29H,2-8H3;1H3. The molecule has 0 radical (unpaired) electrons. The third kappa shape index (κ3) is 5.49. The maximum atomic E-state index is 13.2. The van der Waals surface area contributed by atoms with E-state index in [2.05, 4.69) is 55.9 Å². The molecule has 0 aliphatic rings. The summed E-state index contributed by atoms with van der Waals surface area (Å²) in [6.45, 7) is 14.7. The fourth-order valence-electron chi connectivity index (χ4n) is 3.93. The zero-order chi connectivity index (χ0) is 25.6. The molecule has 0 aromatic heterocycles. The van der Waals surface area contributed by atoms with Crippen LogP contribution in [0.5, 0.6) is 0 Å². The van der Waals surface area contributed by atoms with Crippen LogP contribution in [-0.2, 0) is 0 Å². The summed E-state index contributed by atoms with van der Waals surface area (Å²) in [5, 5.41) is 6.50. The monoisotopic (exact) mass is 452 g/mol. The number of hydrogen-bond acceptors (Lipinski definition) is 3. The van der Waals surface area contributed by atoms with Crippen molar-refractivity contribution in [1.82, 2.24) is 0 Å². The van der Waals surface area contributed by atoms with E-state index in [0.717, 1.165) is 28.1 Å². The average molecular weight is 453 g/mol. The Kier molecular flexibility index (Phi) is 8.67. The molecule has 0 spiro atoms. The van der Waals surface area contributed by atoms with Crippen molar-refractivity contribution in [3.8, 4) is 12.3 Å². The van der Waals surface area contributed by atoms with E-state index >= 15 is 0 Å². The van der Waals surface area contributed by atoms with Crippen LogP contribution >= 0.6 is 0 Å². The van der Waals surface area contributed by atoms with E-state index in [-0.39, 0.29) is 5.78 Å². The third-order valence-corrected chi connectivity index (χ3v) is 6.48. The Bertz CT molecular complexity index is 1310. The quantitative estimate of drug-likeness (QED) is 0.144. The maximum Gasteiger partial charge on any atom is 0.193 e. The van der Waals surface area contributed by atoms with Crippen LogP contribution < -0.4 is 5.32 Å². The van der Waals surface area contributed by atoms with Gasteiger partial charge in [0.05, 0.1) is 0 Å². The molecular weight excluding hydrogens is 420 g/mol. The van der Waals surface area contributed by atoms with Crippen LogP contribution in [-0.4, -0.2) is 12.8 Å². The topological polar surface area (TPSA) is 77.9 Å². The predicted octanol–water partition coefficient (Wildman–Crippen LogP) is 7.73. The van der Waals surface area contributed by atoms with E-state index in [1.165, 1.54) is 34.9 Å². The van der Waals surface area contributed by atoms with E-state index in [4.69, 9.17) is 12.0 Å². The molecule has 0 amide bonds. The van der Waals surface area contributed by atoms with E-state index in [9.17, 15) is 4.79 Å². The number of nitrogens with one attached hydrogen (secondary N) is 1.